The van der Waals surface area contributed by atoms with E-state index in [0.717, 1.165) is 33.4 Å². The first-order valence-corrected chi connectivity index (χ1v) is 13.2. The van der Waals surface area contributed by atoms with Crippen LogP contribution >= 0.6 is 0 Å². The van der Waals surface area contributed by atoms with Gasteiger partial charge in [-0.15, -0.1) is 0 Å². The van der Waals surface area contributed by atoms with Crippen LogP contribution in [0.4, 0.5) is 4.79 Å². The molecule has 0 fully saturated rings. The van der Waals surface area contributed by atoms with E-state index in [1.165, 1.54) is 4.90 Å². The molecule has 2 amide bonds. The number of hydrogen-bond donors (Lipinski definition) is 2. The molecule has 0 aromatic heterocycles. The Bertz CT molecular complexity index is 1440. The van der Waals surface area contributed by atoms with Gasteiger partial charge in [0.05, 0.1) is 12.5 Å². The molecule has 1 unspecified atom stereocenters. The van der Waals surface area contributed by atoms with E-state index in [9.17, 15) is 19.5 Å². The number of benzene rings is 4. The van der Waals surface area contributed by atoms with Crippen molar-refractivity contribution in [3.63, 3.8) is 0 Å². The second-order valence-electron chi connectivity index (χ2n) is 9.77. The predicted octanol–water partition coefficient (Wildman–Crippen LogP) is 5.77. The Hall–Kier alpha value is -4.91. The zero-order valence-corrected chi connectivity index (χ0v) is 21.9. The molecule has 202 valence electrons. The lowest BCUT2D eigenvalue weighted by atomic mass is 9.98. The molecule has 2 N–H and O–H groups in total. The summed E-state index contributed by atoms with van der Waals surface area (Å²) < 4.78 is 5.72. The summed E-state index contributed by atoms with van der Waals surface area (Å²) in [4.78, 5) is 39.3. The molecule has 40 heavy (non-hydrogen) atoms. The zero-order valence-electron chi connectivity index (χ0n) is 21.9. The number of nitrogens with zero attached hydrogens (tertiary/aromatic N) is 1. The molecule has 7 heteroatoms. The minimum atomic E-state index is -1.11. The Labute approximate surface area is 233 Å². The third-order valence-electron chi connectivity index (χ3n) is 7.11. The molecule has 0 aliphatic heterocycles. The molecule has 1 atom stereocenters. The number of ether oxygens (including phenoxy) is 1. The summed E-state index contributed by atoms with van der Waals surface area (Å²) >= 11 is 0. The summed E-state index contributed by atoms with van der Waals surface area (Å²) in [6, 6.07) is 33.9. The number of carbonyl (C=O) groups is 3. The van der Waals surface area contributed by atoms with Crippen LogP contribution in [0.15, 0.2) is 109 Å². The third-order valence-corrected chi connectivity index (χ3v) is 7.11. The standard InChI is InChI=1S/C33H30N2O5/c36-31(35(21-32(37)38)20-23-11-3-1-4-12-23)19-30(24-13-5-2-6-14-24)34-33(39)40-22-29-27-17-9-7-15-25(27)26-16-8-10-18-28(26)29/h1-18,29-30H,19-22H2,(H,34,39)(H,37,38). The van der Waals surface area contributed by atoms with Gasteiger partial charge in [0, 0.05) is 12.5 Å². The number of amides is 2. The van der Waals surface area contributed by atoms with Gasteiger partial charge in [0.2, 0.25) is 5.91 Å². The fourth-order valence-corrected chi connectivity index (χ4v) is 5.22. The Kier molecular flexibility index (Phi) is 8.21. The Morgan fingerprint density at radius 1 is 0.775 bits per heavy atom. The molecule has 0 bridgehead atoms. The maximum absolute atomic E-state index is 13.4. The average molecular weight is 535 g/mol. The van der Waals surface area contributed by atoms with Crippen LogP contribution in [-0.4, -0.2) is 41.1 Å². The van der Waals surface area contributed by atoms with Crippen LogP contribution in [0.5, 0.6) is 0 Å². The van der Waals surface area contributed by atoms with Gasteiger partial charge < -0.3 is 20.1 Å². The van der Waals surface area contributed by atoms with E-state index < -0.39 is 24.6 Å². The molecule has 0 spiro atoms. The van der Waals surface area contributed by atoms with Crippen molar-refractivity contribution in [2.75, 3.05) is 13.2 Å². The summed E-state index contributed by atoms with van der Waals surface area (Å²) in [7, 11) is 0. The molecule has 7 nitrogen and oxygen atoms in total. The lowest BCUT2D eigenvalue weighted by Crippen LogP contribution is -2.39. The van der Waals surface area contributed by atoms with E-state index in [1.54, 1.807) is 0 Å². The average Bonchev–Trinajstić information content (AvgIpc) is 3.30. The smallest absolute Gasteiger partial charge is 0.407 e. The van der Waals surface area contributed by atoms with E-state index in [0.29, 0.717) is 0 Å². The van der Waals surface area contributed by atoms with Crippen molar-refractivity contribution in [1.82, 2.24) is 10.2 Å². The lowest BCUT2D eigenvalue weighted by molar-refractivity contribution is -0.145. The lowest BCUT2D eigenvalue weighted by Gasteiger charge is -2.25. The maximum atomic E-state index is 13.4. The third kappa shape index (κ3) is 6.21. The molecule has 4 aromatic rings. The SMILES string of the molecule is O=C(O)CN(Cc1ccccc1)C(=O)CC(NC(=O)OCC1c2ccccc2-c2ccccc21)c1ccccc1. The Morgan fingerprint density at radius 3 is 1.93 bits per heavy atom. The molecule has 1 aliphatic rings. The van der Waals surface area contributed by atoms with Crippen LogP contribution in [0.3, 0.4) is 0 Å². The first-order valence-electron chi connectivity index (χ1n) is 13.2. The Balaban J connectivity index is 1.29. The van der Waals surface area contributed by atoms with Crippen LogP contribution in [-0.2, 0) is 20.9 Å². The molecule has 0 heterocycles. The highest BCUT2D eigenvalue weighted by atomic mass is 16.5. The van der Waals surface area contributed by atoms with Gasteiger partial charge in [-0.3, -0.25) is 9.59 Å². The van der Waals surface area contributed by atoms with E-state index in [2.05, 4.69) is 29.6 Å². The predicted molar refractivity (Wildman–Crippen MR) is 151 cm³/mol. The molecule has 5 rings (SSSR count). The quantitative estimate of drug-likeness (QED) is 0.269. The van der Waals surface area contributed by atoms with Gasteiger partial charge in [-0.1, -0.05) is 109 Å². The first kappa shape index (κ1) is 26.7. The van der Waals surface area contributed by atoms with E-state index in [4.69, 9.17) is 4.74 Å². The van der Waals surface area contributed by atoms with Crippen LogP contribution in [0.25, 0.3) is 11.1 Å². The molecular weight excluding hydrogens is 504 g/mol. The zero-order chi connectivity index (χ0) is 27.9. The van der Waals surface area contributed by atoms with Crippen LogP contribution in [0.2, 0.25) is 0 Å². The van der Waals surface area contributed by atoms with Gasteiger partial charge in [0.25, 0.3) is 0 Å². The van der Waals surface area contributed by atoms with Crippen molar-refractivity contribution in [1.29, 1.82) is 0 Å². The number of carboxylic acids is 1. The van der Waals surface area contributed by atoms with Crippen molar-refractivity contribution in [3.05, 3.63) is 131 Å². The first-order chi connectivity index (χ1) is 19.5. The second kappa shape index (κ2) is 12.3. The maximum Gasteiger partial charge on any atom is 0.407 e. The highest BCUT2D eigenvalue weighted by molar-refractivity contribution is 5.83. The van der Waals surface area contributed by atoms with Crippen molar-refractivity contribution in [2.24, 2.45) is 0 Å². The summed E-state index contributed by atoms with van der Waals surface area (Å²) in [5, 5.41) is 12.3. The molecule has 0 saturated heterocycles. The van der Waals surface area contributed by atoms with Crippen molar-refractivity contribution < 1.29 is 24.2 Å². The number of fused-ring (bicyclic) bond motifs is 3. The minimum absolute atomic E-state index is 0.0908. The topological polar surface area (TPSA) is 95.9 Å². The van der Waals surface area contributed by atoms with Crippen LogP contribution in [0, 0.1) is 0 Å². The van der Waals surface area contributed by atoms with Crippen LogP contribution < -0.4 is 5.32 Å². The fourth-order valence-electron chi connectivity index (χ4n) is 5.22. The molecule has 1 aliphatic carbocycles. The molecule has 4 aromatic carbocycles. The van der Waals surface area contributed by atoms with Gasteiger partial charge in [0.15, 0.2) is 0 Å². The van der Waals surface area contributed by atoms with Gasteiger partial charge >= 0.3 is 12.1 Å². The van der Waals surface area contributed by atoms with Gasteiger partial charge in [0.1, 0.15) is 13.2 Å². The van der Waals surface area contributed by atoms with Gasteiger partial charge in [-0.05, 0) is 33.4 Å². The molecular formula is C33H30N2O5. The number of carboxylic acid groups (broad SMARTS) is 1. The number of aliphatic carboxylic acids is 1. The van der Waals surface area contributed by atoms with E-state index in [1.807, 2.05) is 84.9 Å². The van der Waals surface area contributed by atoms with Crippen LogP contribution in [0.1, 0.15) is 40.6 Å². The number of rotatable bonds is 10. The van der Waals surface area contributed by atoms with Crippen molar-refractivity contribution in [3.8, 4) is 11.1 Å². The summed E-state index contributed by atoms with van der Waals surface area (Å²) in [5.41, 5.74) is 6.03. The molecule has 0 saturated carbocycles. The van der Waals surface area contributed by atoms with Gasteiger partial charge in [-0.2, -0.15) is 0 Å². The highest BCUT2D eigenvalue weighted by Gasteiger charge is 2.30. The van der Waals surface area contributed by atoms with E-state index in [-0.39, 0.29) is 31.4 Å². The summed E-state index contributed by atoms with van der Waals surface area (Å²) in [6.07, 6.45) is -0.759. The monoisotopic (exact) mass is 534 g/mol. The number of alkyl carbamates (subject to hydrolysis) is 1. The number of hydrogen-bond acceptors (Lipinski definition) is 4. The summed E-state index contributed by atoms with van der Waals surface area (Å²) in [6.45, 7) is -0.146. The second-order valence-corrected chi connectivity index (χ2v) is 9.77. The van der Waals surface area contributed by atoms with E-state index >= 15 is 0 Å². The number of nitrogens with one attached hydrogen (secondary N) is 1. The Morgan fingerprint density at radius 2 is 1.32 bits per heavy atom. The highest BCUT2D eigenvalue weighted by Crippen LogP contribution is 2.44. The minimum Gasteiger partial charge on any atom is -0.480 e. The largest absolute Gasteiger partial charge is 0.480 e. The fraction of sp³-hybridized carbons (Fsp3) is 0.182. The number of carbonyl (C=O) groups excluding carboxylic acids is 2. The van der Waals surface area contributed by atoms with Crippen molar-refractivity contribution >= 4 is 18.0 Å². The normalized spacial score (nSPS) is 12.6. The van der Waals surface area contributed by atoms with Gasteiger partial charge in [-0.25, -0.2) is 4.79 Å². The molecule has 0 radical (unpaired) electrons. The summed E-state index contributed by atoms with van der Waals surface area (Å²) in [5.74, 6) is -1.59. The van der Waals surface area contributed by atoms with Crippen molar-refractivity contribution in [2.45, 2.75) is 24.9 Å².